The van der Waals surface area contributed by atoms with Gasteiger partial charge >= 0.3 is 0 Å². The van der Waals surface area contributed by atoms with E-state index in [9.17, 15) is 9.59 Å². The number of aromatic nitrogens is 3. The lowest BCUT2D eigenvalue weighted by atomic mass is 10.1. The summed E-state index contributed by atoms with van der Waals surface area (Å²) in [6.07, 6.45) is 1.62. The molecule has 0 aliphatic carbocycles. The predicted octanol–water partition coefficient (Wildman–Crippen LogP) is 3.92. The predicted molar refractivity (Wildman–Crippen MR) is 102 cm³/mol. The highest BCUT2D eigenvalue weighted by Crippen LogP contribution is 2.27. The van der Waals surface area contributed by atoms with Gasteiger partial charge < -0.3 is 5.32 Å². The molecule has 2 aromatic heterocycles. The first-order chi connectivity index (χ1) is 12.5. The van der Waals surface area contributed by atoms with Gasteiger partial charge in [0, 0.05) is 23.5 Å². The van der Waals surface area contributed by atoms with Crippen molar-refractivity contribution in [3.63, 3.8) is 0 Å². The van der Waals surface area contributed by atoms with Gasteiger partial charge in [-0.1, -0.05) is 23.7 Å². The van der Waals surface area contributed by atoms with Crippen molar-refractivity contribution in [1.82, 2.24) is 14.8 Å². The number of Topliss-reactive ketones (excluding diaryl/α,β-unsaturated/α-hetero) is 1. The molecular weight excluding hydrogens is 352 g/mol. The lowest BCUT2D eigenvalue weighted by Crippen LogP contribution is -2.28. The van der Waals surface area contributed by atoms with Crippen LogP contribution in [0.4, 0.5) is 11.4 Å². The number of hydrogen-bond donors (Lipinski definition) is 1. The molecule has 0 fully saturated rings. The molecule has 1 N–H and O–H groups in total. The Kier molecular flexibility index (Phi) is 5.14. The third kappa shape index (κ3) is 3.50. The van der Waals surface area contributed by atoms with Gasteiger partial charge in [-0.05, 0) is 44.2 Å². The number of benzene rings is 1. The van der Waals surface area contributed by atoms with Gasteiger partial charge in [0.2, 0.25) is 0 Å². The number of nitrogens with one attached hydrogen (secondary N) is 1. The highest BCUT2D eigenvalue weighted by atomic mass is 35.5. The smallest absolute Gasteiger partial charge is 0.291 e. The zero-order chi connectivity index (χ0) is 18.7. The maximum atomic E-state index is 12.8. The number of aryl methyl sites for hydroxylation is 1. The topological polar surface area (TPSA) is 76.9 Å². The standard InChI is InChI=1S/C19H17ClN4O2/c1-3-24-19(26)18(22-14-8-6-7-13(20)11-14)16(12(2)25)17(23-24)15-9-4-5-10-21-15/h4-11,22H,3H2,1-2H3. The van der Waals surface area contributed by atoms with E-state index in [0.29, 0.717) is 28.6 Å². The SMILES string of the molecule is CCn1nc(-c2ccccn2)c(C(C)=O)c(Nc2cccc(Cl)c2)c1=O. The highest BCUT2D eigenvalue weighted by Gasteiger charge is 2.22. The molecule has 0 saturated carbocycles. The van der Waals surface area contributed by atoms with E-state index in [0.717, 1.165) is 0 Å². The fourth-order valence-corrected chi connectivity index (χ4v) is 2.83. The summed E-state index contributed by atoms with van der Waals surface area (Å²) in [5.74, 6) is -0.275. The first-order valence-electron chi connectivity index (χ1n) is 8.11. The van der Waals surface area contributed by atoms with Crippen molar-refractivity contribution < 1.29 is 4.79 Å². The van der Waals surface area contributed by atoms with Crippen LogP contribution in [0.15, 0.2) is 53.5 Å². The molecule has 132 valence electrons. The molecular formula is C19H17ClN4O2. The summed E-state index contributed by atoms with van der Waals surface area (Å²) in [6.45, 7) is 3.58. The van der Waals surface area contributed by atoms with Crippen LogP contribution >= 0.6 is 11.6 Å². The number of hydrogen-bond acceptors (Lipinski definition) is 5. The van der Waals surface area contributed by atoms with Crippen molar-refractivity contribution in [2.24, 2.45) is 0 Å². The van der Waals surface area contributed by atoms with Gasteiger partial charge in [0.25, 0.3) is 5.56 Å². The number of anilines is 2. The van der Waals surface area contributed by atoms with Crippen molar-refractivity contribution in [2.75, 3.05) is 5.32 Å². The van der Waals surface area contributed by atoms with Crippen molar-refractivity contribution in [3.8, 4) is 11.4 Å². The maximum Gasteiger partial charge on any atom is 0.291 e. The molecule has 2 heterocycles. The Morgan fingerprint density at radius 2 is 2.04 bits per heavy atom. The van der Waals surface area contributed by atoms with E-state index in [1.165, 1.54) is 11.6 Å². The second-order valence-corrected chi connectivity index (χ2v) is 6.06. The summed E-state index contributed by atoms with van der Waals surface area (Å²) in [6, 6.07) is 12.3. The molecule has 7 heteroatoms. The van der Waals surface area contributed by atoms with Gasteiger partial charge in [0.05, 0.1) is 11.3 Å². The molecule has 3 rings (SSSR count). The van der Waals surface area contributed by atoms with E-state index in [1.54, 1.807) is 48.7 Å². The minimum absolute atomic E-state index is 0.164. The zero-order valence-corrected chi connectivity index (χ0v) is 15.1. The lowest BCUT2D eigenvalue weighted by Gasteiger charge is -2.15. The Labute approximate surface area is 155 Å². The number of pyridine rings is 1. The Morgan fingerprint density at radius 3 is 2.65 bits per heavy atom. The van der Waals surface area contributed by atoms with Crippen LogP contribution in [0.5, 0.6) is 0 Å². The van der Waals surface area contributed by atoms with Crippen LogP contribution in [-0.2, 0) is 6.54 Å². The summed E-state index contributed by atoms with van der Waals surface area (Å²) < 4.78 is 1.31. The molecule has 0 aliphatic rings. The second-order valence-electron chi connectivity index (χ2n) is 5.63. The van der Waals surface area contributed by atoms with E-state index >= 15 is 0 Å². The van der Waals surface area contributed by atoms with Gasteiger partial charge in [-0.15, -0.1) is 0 Å². The van der Waals surface area contributed by atoms with Crippen molar-refractivity contribution in [1.29, 1.82) is 0 Å². The number of nitrogens with zero attached hydrogens (tertiary/aromatic N) is 3. The molecule has 0 spiro atoms. The Bertz CT molecular complexity index is 1020. The van der Waals surface area contributed by atoms with Crippen LogP contribution in [0, 0.1) is 0 Å². The average molecular weight is 369 g/mol. The monoisotopic (exact) mass is 368 g/mol. The molecule has 0 radical (unpaired) electrons. The molecule has 1 aromatic carbocycles. The van der Waals surface area contributed by atoms with Gasteiger partial charge in [-0.2, -0.15) is 5.10 Å². The van der Waals surface area contributed by atoms with Crippen LogP contribution in [-0.4, -0.2) is 20.5 Å². The molecule has 3 aromatic rings. The van der Waals surface area contributed by atoms with Crippen LogP contribution in [0.2, 0.25) is 5.02 Å². The zero-order valence-electron chi connectivity index (χ0n) is 14.4. The molecule has 0 unspecified atom stereocenters. The van der Waals surface area contributed by atoms with E-state index < -0.39 is 0 Å². The highest BCUT2D eigenvalue weighted by molar-refractivity contribution is 6.30. The summed E-state index contributed by atoms with van der Waals surface area (Å²) in [5, 5.41) is 7.92. The Hall–Kier alpha value is -2.99. The molecule has 0 aliphatic heterocycles. The largest absolute Gasteiger partial charge is 0.350 e. The van der Waals surface area contributed by atoms with Gasteiger partial charge in [0.15, 0.2) is 5.78 Å². The van der Waals surface area contributed by atoms with E-state index in [-0.39, 0.29) is 22.6 Å². The van der Waals surface area contributed by atoms with Crippen LogP contribution in [0.25, 0.3) is 11.4 Å². The minimum atomic E-state index is -0.377. The second kappa shape index (κ2) is 7.49. The van der Waals surface area contributed by atoms with Crippen molar-refractivity contribution >= 4 is 28.8 Å². The summed E-state index contributed by atoms with van der Waals surface area (Å²) in [7, 11) is 0. The first-order valence-corrected chi connectivity index (χ1v) is 8.49. The van der Waals surface area contributed by atoms with Crippen LogP contribution in [0.3, 0.4) is 0 Å². The maximum absolute atomic E-state index is 12.8. The summed E-state index contributed by atoms with van der Waals surface area (Å²) in [5.41, 5.74) is 1.49. The number of carbonyl (C=O) groups excluding carboxylic acids is 1. The van der Waals surface area contributed by atoms with E-state index in [4.69, 9.17) is 11.6 Å². The quantitative estimate of drug-likeness (QED) is 0.690. The number of rotatable bonds is 5. The fraction of sp³-hybridized carbons (Fsp3) is 0.158. The number of carbonyl (C=O) groups is 1. The van der Waals surface area contributed by atoms with Gasteiger partial charge in [-0.25, -0.2) is 4.68 Å². The van der Waals surface area contributed by atoms with Gasteiger partial charge in [0.1, 0.15) is 11.4 Å². The third-order valence-electron chi connectivity index (χ3n) is 3.81. The Balaban J connectivity index is 2.27. The fourth-order valence-electron chi connectivity index (χ4n) is 2.64. The van der Waals surface area contributed by atoms with Crippen molar-refractivity contribution in [3.05, 3.63) is 69.6 Å². The summed E-state index contributed by atoms with van der Waals surface area (Å²) >= 11 is 6.03. The van der Waals surface area contributed by atoms with Crippen LogP contribution in [0.1, 0.15) is 24.2 Å². The molecule has 0 saturated heterocycles. The normalized spacial score (nSPS) is 10.6. The summed E-state index contributed by atoms with van der Waals surface area (Å²) in [4.78, 5) is 29.5. The molecule has 0 amide bonds. The van der Waals surface area contributed by atoms with E-state index in [2.05, 4.69) is 15.4 Å². The number of halogens is 1. The molecule has 26 heavy (non-hydrogen) atoms. The van der Waals surface area contributed by atoms with E-state index in [1.807, 2.05) is 6.92 Å². The molecule has 0 atom stereocenters. The molecule has 0 bridgehead atoms. The first kappa shape index (κ1) is 17.8. The molecule has 6 nitrogen and oxygen atoms in total. The average Bonchev–Trinajstić information content (AvgIpc) is 2.63. The minimum Gasteiger partial charge on any atom is -0.350 e. The third-order valence-corrected chi connectivity index (χ3v) is 4.04. The Morgan fingerprint density at radius 1 is 1.23 bits per heavy atom. The van der Waals surface area contributed by atoms with Crippen molar-refractivity contribution in [2.45, 2.75) is 20.4 Å². The van der Waals surface area contributed by atoms with Gasteiger partial charge in [-0.3, -0.25) is 14.6 Å². The lowest BCUT2D eigenvalue weighted by molar-refractivity contribution is 0.101. The van der Waals surface area contributed by atoms with Crippen LogP contribution < -0.4 is 10.9 Å². The number of ketones is 1.